The fourth-order valence-corrected chi connectivity index (χ4v) is 3.43. The van der Waals surface area contributed by atoms with E-state index in [1.165, 1.54) is 70.6 Å². The highest BCUT2D eigenvalue weighted by Crippen LogP contribution is 2.18. The lowest BCUT2D eigenvalue weighted by molar-refractivity contribution is -0.153. The van der Waals surface area contributed by atoms with Gasteiger partial charge in [0.05, 0.1) is 13.2 Å². The van der Waals surface area contributed by atoms with Crippen molar-refractivity contribution in [3.63, 3.8) is 0 Å². The van der Waals surface area contributed by atoms with Crippen molar-refractivity contribution in [2.45, 2.75) is 115 Å². The van der Waals surface area contributed by atoms with Crippen LogP contribution >= 0.6 is 0 Å². The van der Waals surface area contributed by atoms with Crippen molar-refractivity contribution in [1.29, 1.82) is 0 Å². The molecule has 0 spiro atoms. The molecule has 0 aromatic rings. The van der Waals surface area contributed by atoms with Crippen LogP contribution in [0.4, 0.5) is 0 Å². The van der Waals surface area contributed by atoms with Crippen molar-refractivity contribution in [1.82, 2.24) is 0 Å². The predicted molar refractivity (Wildman–Crippen MR) is 103 cm³/mol. The second kappa shape index (κ2) is 15.4. The number of unbranched alkanes of at least 4 members (excludes halogenated alkanes) is 12. The van der Waals surface area contributed by atoms with Crippen LogP contribution in [0.5, 0.6) is 0 Å². The third-order valence-corrected chi connectivity index (χ3v) is 5.18. The van der Waals surface area contributed by atoms with Gasteiger partial charge >= 0.3 is 5.97 Å². The number of hydrogen-bond acceptors (Lipinski definition) is 5. The summed E-state index contributed by atoms with van der Waals surface area (Å²) in [6, 6.07) is 0. The van der Waals surface area contributed by atoms with E-state index in [2.05, 4.69) is 6.92 Å². The number of ether oxygens (including phenoxy) is 2. The van der Waals surface area contributed by atoms with Gasteiger partial charge in [0.2, 0.25) is 0 Å². The minimum Gasteiger partial charge on any atom is -0.457 e. The molecule has 0 radical (unpaired) electrons. The van der Waals surface area contributed by atoms with Gasteiger partial charge in [-0.3, -0.25) is 4.79 Å². The first-order valence-electron chi connectivity index (χ1n) is 10.8. The highest BCUT2D eigenvalue weighted by atomic mass is 16.6. The molecule has 1 aliphatic rings. The number of carbonyl (C=O) groups excluding carboxylic acids is 1. The van der Waals surface area contributed by atoms with E-state index in [0.717, 1.165) is 12.8 Å². The van der Waals surface area contributed by atoms with Gasteiger partial charge in [-0.15, -0.1) is 0 Å². The summed E-state index contributed by atoms with van der Waals surface area (Å²) in [5.41, 5.74) is 0. The van der Waals surface area contributed by atoms with Gasteiger partial charge in [0.25, 0.3) is 0 Å². The number of aliphatic hydroxyl groups excluding tert-OH is 2. The van der Waals surface area contributed by atoms with Crippen LogP contribution in [0.1, 0.15) is 96.8 Å². The fraction of sp³-hybridized carbons (Fsp3) is 0.952. The SMILES string of the molecule is CCCCCCCCCCCCCCCC(=O)O[C@H]1CO[C@H](CO)[C@@H]1O. The molecule has 154 valence electrons. The Bertz CT molecular complexity index is 347. The van der Waals surface area contributed by atoms with Crippen molar-refractivity contribution < 1.29 is 24.5 Å². The Kier molecular flexibility index (Phi) is 13.9. The van der Waals surface area contributed by atoms with E-state index in [-0.39, 0.29) is 19.2 Å². The molecular weight excluding hydrogens is 332 g/mol. The summed E-state index contributed by atoms with van der Waals surface area (Å²) in [6.45, 7) is 2.16. The van der Waals surface area contributed by atoms with Gasteiger partial charge in [0, 0.05) is 6.42 Å². The molecule has 0 saturated carbocycles. The van der Waals surface area contributed by atoms with Crippen LogP contribution in [0.15, 0.2) is 0 Å². The topological polar surface area (TPSA) is 76.0 Å². The smallest absolute Gasteiger partial charge is 0.306 e. The number of aliphatic hydroxyl groups is 2. The van der Waals surface area contributed by atoms with Crippen molar-refractivity contribution >= 4 is 5.97 Å². The molecule has 0 aromatic heterocycles. The second-order valence-electron chi connectivity index (χ2n) is 7.57. The molecule has 0 amide bonds. The van der Waals surface area contributed by atoms with E-state index in [4.69, 9.17) is 14.6 Å². The zero-order chi connectivity index (χ0) is 19.0. The summed E-state index contributed by atoms with van der Waals surface area (Å²) in [5.74, 6) is -0.278. The van der Waals surface area contributed by atoms with Crippen molar-refractivity contribution in [2.24, 2.45) is 0 Å². The second-order valence-corrected chi connectivity index (χ2v) is 7.57. The van der Waals surface area contributed by atoms with Gasteiger partial charge in [-0.1, -0.05) is 84.0 Å². The van der Waals surface area contributed by atoms with Gasteiger partial charge in [-0.05, 0) is 6.42 Å². The monoisotopic (exact) mass is 372 g/mol. The largest absolute Gasteiger partial charge is 0.457 e. The number of carbonyl (C=O) groups is 1. The Morgan fingerprint density at radius 2 is 1.42 bits per heavy atom. The van der Waals surface area contributed by atoms with E-state index in [1.807, 2.05) is 0 Å². The van der Waals surface area contributed by atoms with E-state index in [0.29, 0.717) is 6.42 Å². The molecule has 1 aliphatic heterocycles. The van der Waals surface area contributed by atoms with Gasteiger partial charge in [-0.2, -0.15) is 0 Å². The van der Waals surface area contributed by atoms with Crippen LogP contribution in [0.2, 0.25) is 0 Å². The molecule has 1 heterocycles. The molecule has 1 rings (SSSR count). The average Bonchev–Trinajstić information content (AvgIpc) is 2.98. The lowest BCUT2D eigenvalue weighted by Crippen LogP contribution is -2.35. The molecule has 1 fully saturated rings. The predicted octanol–water partition coefficient (Wildman–Crippen LogP) is 4.13. The maximum atomic E-state index is 11.8. The third kappa shape index (κ3) is 10.5. The van der Waals surface area contributed by atoms with Gasteiger partial charge < -0.3 is 19.7 Å². The summed E-state index contributed by atoms with van der Waals surface area (Å²) in [4.78, 5) is 11.8. The van der Waals surface area contributed by atoms with Crippen LogP contribution in [0.25, 0.3) is 0 Å². The summed E-state index contributed by atoms with van der Waals surface area (Å²) >= 11 is 0. The Labute approximate surface area is 159 Å². The first kappa shape index (κ1) is 23.4. The molecule has 2 N–H and O–H groups in total. The van der Waals surface area contributed by atoms with Crippen LogP contribution in [0.3, 0.4) is 0 Å². The van der Waals surface area contributed by atoms with Crippen LogP contribution < -0.4 is 0 Å². The normalized spacial score (nSPS) is 22.7. The van der Waals surface area contributed by atoms with Crippen molar-refractivity contribution in [3.8, 4) is 0 Å². The Morgan fingerprint density at radius 1 is 0.923 bits per heavy atom. The maximum Gasteiger partial charge on any atom is 0.306 e. The first-order valence-corrected chi connectivity index (χ1v) is 10.8. The summed E-state index contributed by atoms with van der Waals surface area (Å²) < 4.78 is 10.4. The summed E-state index contributed by atoms with van der Waals surface area (Å²) in [6.07, 6.45) is 14.8. The highest BCUT2D eigenvalue weighted by molar-refractivity contribution is 5.69. The number of rotatable bonds is 16. The van der Waals surface area contributed by atoms with Gasteiger partial charge in [-0.25, -0.2) is 0 Å². The van der Waals surface area contributed by atoms with E-state index < -0.39 is 18.3 Å². The molecule has 3 atom stereocenters. The quantitative estimate of drug-likeness (QED) is 0.315. The zero-order valence-electron chi connectivity index (χ0n) is 16.7. The van der Waals surface area contributed by atoms with E-state index in [1.54, 1.807) is 0 Å². The minimum absolute atomic E-state index is 0.163. The minimum atomic E-state index is -0.921. The lowest BCUT2D eigenvalue weighted by Gasteiger charge is -2.16. The Balaban J connectivity index is 1.85. The Hall–Kier alpha value is -0.650. The molecule has 0 aromatic carbocycles. The van der Waals surface area contributed by atoms with Crippen molar-refractivity contribution in [3.05, 3.63) is 0 Å². The molecular formula is C21H40O5. The summed E-state index contributed by atoms with van der Waals surface area (Å²) in [5, 5.41) is 18.8. The molecule has 26 heavy (non-hydrogen) atoms. The van der Waals surface area contributed by atoms with Crippen LogP contribution in [-0.4, -0.2) is 47.7 Å². The molecule has 0 bridgehead atoms. The first-order chi connectivity index (χ1) is 12.7. The molecule has 0 aliphatic carbocycles. The average molecular weight is 373 g/mol. The molecule has 5 nitrogen and oxygen atoms in total. The standard InChI is InChI=1S/C21H40O5/c1-2-3-4-5-6-7-8-9-10-11-12-13-14-15-20(23)26-19-17-25-18(16-22)21(19)24/h18-19,21-22,24H,2-17H2,1H3/t18-,19+,21+/m1/s1. The van der Waals surface area contributed by atoms with Gasteiger partial charge in [0.1, 0.15) is 12.2 Å². The zero-order valence-corrected chi connectivity index (χ0v) is 16.7. The summed E-state index contributed by atoms with van der Waals surface area (Å²) in [7, 11) is 0. The third-order valence-electron chi connectivity index (χ3n) is 5.18. The Morgan fingerprint density at radius 3 is 1.88 bits per heavy atom. The van der Waals surface area contributed by atoms with E-state index in [9.17, 15) is 9.90 Å². The molecule has 5 heteroatoms. The fourth-order valence-electron chi connectivity index (χ4n) is 3.43. The highest BCUT2D eigenvalue weighted by Gasteiger charge is 2.37. The van der Waals surface area contributed by atoms with Gasteiger partial charge in [0.15, 0.2) is 6.10 Å². The lowest BCUT2D eigenvalue weighted by atomic mass is 10.0. The number of hydrogen-bond donors (Lipinski definition) is 2. The van der Waals surface area contributed by atoms with Crippen molar-refractivity contribution in [2.75, 3.05) is 13.2 Å². The molecule has 1 saturated heterocycles. The van der Waals surface area contributed by atoms with Crippen LogP contribution in [-0.2, 0) is 14.3 Å². The molecule has 0 unspecified atom stereocenters. The van der Waals surface area contributed by atoms with Crippen LogP contribution in [0, 0.1) is 0 Å². The number of esters is 1. The maximum absolute atomic E-state index is 11.8. The van der Waals surface area contributed by atoms with E-state index >= 15 is 0 Å².